The second kappa shape index (κ2) is 6.32. The Morgan fingerprint density at radius 2 is 1.67 bits per heavy atom. The lowest BCUT2D eigenvalue weighted by molar-refractivity contribution is -0.214. The summed E-state index contributed by atoms with van der Waals surface area (Å²) in [5.74, 6) is 0.532. The highest BCUT2D eigenvalue weighted by molar-refractivity contribution is 5.94. The second-order valence-corrected chi connectivity index (χ2v) is 12.2. The van der Waals surface area contributed by atoms with Gasteiger partial charge in [-0.15, -0.1) is 0 Å². The first kappa shape index (κ1) is 21.0. The van der Waals surface area contributed by atoms with Crippen molar-refractivity contribution >= 4 is 5.97 Å². The Hall–Kier alpha value is -0.910. The number of esters is 1. The van der Waals surface area contributed by atoms with Gasteiger partial charge in [0.05, 0.1) is 11.7 Å². The molecule has 30 heavy (non-hydrogen) atoms. The van der Waals surface area contributed by atoms with Crippen LogP contribution in [0.2, 0.25) is 0 Å². The van der Waals surface area contributed by atoms with E-state index in [1.54, 1.807) is 0 Å². The van der Waals surface area contributed by atoms with Crippen LogP contribution in [-0.2, 0) is 9.53 Å². The largest absolute Gasteiger partial charge is 0.428 e. The van der Waals surface area contributed by atoms with Gasteiger partial charge in [-0.1, -0.05) is 34.1 Å². The maximum absolute atomic E-state index is 12.3. The van der Waals surface area contributed by atoms with Gasteiger partial charge in [0.15, 0.2) is 0 Å². The maximum Gasteiger partial charge on any atom is 0.339 e. The summed E-state index contributed by atoms with van der Waals surface area (Å²) in [4.78, 5) is 12.3. The van der Waals surface area contributed by atoms with Crippen LogP contribution in [0.25, 0.3) is 0 Å². The number of cyclic esters (lactones) is 1. The van der Waals surface area contributed by atoms with Crippen molar-refractivity contribution in [3.63, 3.8) is 0 Å². The maximum atomic E-state index is 12.3. The standard InChI is InChI=1S/C25H38O5/c1-22(2)8-5-9-25(13-26)15(22)6-10-23(3)16(25)7-11-24(4)17(23)12-14(27)18-19(24)21(29)30-20(18)28/h14-17,21,26-27,29H,5-13H2,1-4H3. The molecular formula is C25H38O5. The van der Waals surface area contributed by atoms with Gasteiger partial charge in [0.2, 0.25) is 6.29 Å². The summed E-state index contributed by atoms with van der Waals surface area (Å²) in [7, 11) is 0. The number of aliphatic hydroxyl groups excluding tert-OH is 3. The fraction of sp³-hybridized carbons (Fsp3) is 0.880. The molecule has 0 aromatic rings. The van der Waals surface area contributed by atoms with Crippen LogP contribution in [-0.4, -0.2) is 40.3 Å². The molecule has 8 atom stereocenters. The van der Waals surface area contributed by atoms with Crippen molar-refractivity contribution in [2.24, 2.45) is 39.4 Å². The molecule has 0 radical (unpaired) electrons. The molecule has 1 aliphatic heterocycles. The van der Waals surface area contributed by atoms with E-state index in [0.717, 1.165) is 38.5 Å². The van der Waals surface area contributed by atoms with Gasteiger partial charge >= 0.3 is 5.97 Å². The normalized spacial score (nSPS) is 52.1. The van der Waals surface area contributed by atoms with Gasteiger partial charge in [-0.25, -0.2) is 4.79 Å². The van der Waals surface area contributed by atoms with Gasteiger partial charge < -0.3 is 20.1 Å². The van der Waals surface area contributed by atoms with Crippen LogP contribution < -0.4 is 0 Å². The molecule has 5 rings (SSSR count). The molecule has 3 saturated carbocycles. The molecular weight excluding hydrogens is 380 g/mol. The fourth-order valence-corrected chi connectivity index (χ4v) is 9.63. The Kier molecular flexibility index (Phi) is 4.42. The molecule has 5 heteroatoms. The summed E-state index contributed by atoms with van der Waals surface area (Å²) in [5.41, 5.74) is 0.750. The predicted molar refractivity (Wildman–Crippen MR) is 112 cm³/mol. The molecule has 0 aromatic heterocycles. The molecule has 1 heterocycles. The lowest BCUT2D eigenvalue weighted by Crippen LogP contribution is -2.64. The molecule has 168 valence electrons. The van der Waals surface area contributed by atoms with E-state index in [4.69, 9.17) is 4.74 Å². The zero-order valence-corrected chi connectivity index (χ0v) is 18.9. The third kappa shape index (κ3) is 2.38. The molecule has 3 N–H and O–H groups in total. The van der Waals surface area contributed by atoms with E-state index in [-0.39, 0.29) is 34.2 Å². The highest BCUT2D eigenvalue weighted by atomic mass is 16.6. The number of carbonyl (C=O) groups excluding carboxylic acids is 1. The second-order valence-electron chi connectivity index (χ2n) is 12.2. The Balaban J connectivity index is 1.60. The average molecular weight is 419 g/mol. The van der Waals surface area contributed by atoms with Gasteiger partial charge in [0.1, 0.15) is 0 Å². The molecule has 0 aromatic carbocycles. The Morgan fingerprint density at radius 3 is 2.37 bits per heavy atom. The summed E-state index contributed by atoms with van der Waals surface area (Å²) in [6, 6.07) is 0. The van der Waals surface area contributed by atoms with E-state index in [1.165, 1.54) is 6.42 Å². The van der Waals surface area contributed by atoms with Gasteiger partial charge in [-0.3, -0.25) is 0 Å². The SMILES string of the molecule is CC1(C)CCCC2(CO)C1CCC1(C)C3CC(O)C4=C(C(O)OC4=O)C3(C)CCC12. The van der Waals surface area contributed by atoms with Crippen molar-refractivity contribution < 1.29 is 24.9 Å². The van der Waals surface area contributed by atoms with E-state index in [9.17, 15) is 20.1 Å². The summed E-state index contributed by atoms with van der Waals surface area (Å²) in [6.07, 6.45) is 5.96. The van der Waals surface area contributed by atoms with E-state index >= 15 is 0 Å². The van der Waals surface area contributed by atoms with E-state index in [2.05, 4.69) is 27.7 Å². The first-order chi connectivity index (χ1) is 14.0. The van der Waals surface area contributed by atoms with Crippen molar-refractivity contribution in [1.82, 2.24) is 0 Å². The van der Waals surface area contributed by atoms with Crippen LogP contribution in [0.1, 0.15) is 79.1 Å². The first-order valence-electron chi connectivity index (χ1n) is 11.9. The van der Waals surface area contributed by atoms with Crippen LogP contribution in [0, 0.1) is 39.4 Å². The topological polar surface area (TPSA) is 87.0 Å². The number of hydrogen-bond acceptors (Lipinski definition) is 5. The van der Waals surface area contributed by atoms with Gasteiger partial charge in [-0.2, -0.15) is 0 Å². The van der Waals surface area contributed by atoms with Crippen molar-refractivity contribution in [3.05, 3.63) is 11.1 Å². The highest BCUT2D eigenvalue weighted by Crippen LogP contribution is 2.73. The molecule has 5 nitrogen and oxygen atoms in total. The molecule has 8 unspecified atom stereocenters. The summed E-state index contributed by atoms with van der Waals surface area (Å²) < 4.78 is 5.16. The van der Waals surface area contributed by atoms with E-state index in [1.807, 2.05) is 0 Å². The number of rotatable bonds is 1. The number of fused-ring (bicyclic) bond motifs is 6. The van der Waals surface area contributed by atoms with Crippen LogP contribution in [0.3, 0.4) is 0 Å². The summed E-state index contributed by atoms with van der Waals surface area (Å²) >= 11 is 0. The van der Waals surface area contributed by atoms with Gasteiger partial charge in [0.25, 0.3) is 0 Å². The molecule has 0 spiro atoms. The zero-order valence-electron chi connectivity index (χ0n) is 18.9. The van der Waals surface area contributed by atoms with Gasteiger partial charge in [0, 0.05) is 17.6 Å². The summed E-state index contributed by atoms with van der Waals surface area (Å²) in [5, 5.41) is 32.4. The number of hydrogen-bond donors (Lipinski definition) is 3. The minimum atomic E-state index is -1.23. The van der Waals surface area contributed by atoms with Crippen LogP contribution in [0.4, 0.5) is 0 Å². The molecule has 0 bridgehead atoms. The molecule has 0 saturated heterocycles. The minimum absolute atomic E-state index is 0.0372. The predicted octanol–water partition coefficient (Wildman–Crippen LogP) is 3.56. The number of ether oxygens (including phenoxy) is 1. The quantitative estimate of drug-likeness (QED) is 0.567. The molecule has 5 aliphatic rings. The van der Waals surface area contributed by atoms with Gasteiger partial charge in [-0.05, 0) is 78.9 Å². The van der Waals surface area contributed by atoms with E-state index < -0.39 is 18.4 Å². The Bertz CT molecular complexity index is 801. The zero-order chi connectivity index (χ0) is 21.7. The smallest absolute Gasteiger partial charge is 0.339 e. The van der Waals surface area contributed by atoms with Crippen molar-refractivity contribution in [2.45, 2.75) is 91.5 Å². The van der Waals surface area contributed by atoms with Crippen LogP contribution in [0.5, 0.6) is 0 Å². The lowest BCUT2D eigenvalue weighted by atomic mass is 9.35. The van der Waals surface area contributed by atoms with Crippen molar-refractivity contribution in [3.8, 4) is 0 Å². The van der Waals surface area contributed by atoms with Crippen LogP contribution >= 0.6 is 0 Å². The average Bonchev–Trinajstić information content (AvgIpc) is 2.98. The third-order valence-corrected chi connectivity index (χ3v) is 10.8. The summed E-state index contributed by atoms with van der Waals surface area (Å²) in [6.45, 7) is 9.56. The molecule has 0 amide bonds. The Labute approximate surface area is 179 Å². The van der Waals surface area contributed by atoms with E-state index in [0.29, 0.717) is 29.4 Å². The fourth-order valence-electron chi connectivity index (χ4n) is 9.63. The number of aliphatic hydroxyl groups is 3. The number of carbonyl (C=O) groups is 1. The van der Waals surface area contributed by atoms with Crippen LogP contribution in [0.15, 0.2) is 11.1 Å². The third-order valence-electron chi connectivity index (χ3n) is 10.8. The highest BCUT2D eigenvalue weighted by Gasteiger charge is 2.68. The lowest BCUT2D eigenvalue weighted by Gasteiger charge is -2.69. The molecule has 4 aliphatic carbocycles. The molecule has 3 fully saturated rings. The first-order valence-corrected chi connectivity index (χ1v) is 11.9. The Morgan fingerprint density at radius 1 is 0.967 bits per heavy atom. The minimum Gasteiger partial charge on any atom is -0.428 e. The monoisotopic (exact) mass is 418 g/mol. The van der Waals surface area contributed by atoms with Crippen molar-refractivity contribution in [2.75, 3.05) is 6.61 Å². The van der Waals surface area contributed by atoms with Crippen molar-refractivity contribution in [1.29, 1.82) is 0 Å².